The van der Waals surface area contributed by atoms with Gasteiger partial charge in [0.15, 0.2) is 5.75 Å². The predicted molar refractivity (Wildman–Crippen MR) is 74.7 cm³/mol. The molecule has 0 aliphatic rings. The highest BCUT2D eigenvalue weighted by Crippen LogP contribution is 2.36. The largest absolute Gasteiger partial charge is 0.442 e. The van der Waals surface area contributed by atoms with Crippen LogP contribution in [0.25, 0.3) is 11.0 Å². The van der Waals surface area contributed by atoms with Crippen molar-refractivity contribution in [1.29, 1.82) is 10.5 Å². The number of fused-ring (bicyclic) bond motifs is 1. The molecule has 3 rings (SSSR count). The zero-order valence-corrected chi connectivity index (χ0v) is 11.1. The molecule has 100 valence electrons. The van der Waals surface area contributed by atoms with E-state index >= 15 is 0 Å². The van der Waals surface area contributed by atoms with E-state index in [1.54, 1.807) is 31.3 Å². The Bertz CT molecular complexity index is 913. The van der Waals surface area contributed by atoms with Crippen molar-refractivity contribution in [2.75, 3.05) is 0 Å². The van der Waals surface area contributed by atoms with Gasteiger partial charge in [-0.1, -0.05) is 12.1 Å². The minimum absolute atomic E-state index is 0.0587. The third-order valence-electron chi connectivity index (χ3n) is 3.09. The lowest BCUT2D eigenvalue weighted by atomic mass is 10.2. The Balaban J connectivity index is 2.18. The number of benzene rings is 1. The smallest absolute Gasteiger partial charge is 0.247 e. The van der Waals surface area contributed by atoms with Gasteiger partial charge in [0.1, 0.15) is 23.3 Å². The SMILES string of the molecule is Cc1ccnc(Oc2c(C#N)oc3ccccc23)c1C#N. The van der Waals surface area contributed by atoms with Crippen LogP contribution in [0.2, 0.25) is 0 Å². The number of nitrogens with zero attached hydrogens (tertiary/aromatic N) is 3. The first kappa shape index (κ1) is 12.7. The number of aryl methyl sites for hydroxylation is 1. The molecule has 0 atom stereocenters. The molecule has 3 aromatic rings. The first-order valence-electron chi connectivity index (χ1n) is 6.19. The zero-order valence-electron chi connectivity index (χ0n) is 11.1. The number of hydrogen-bond donors (Lipinski definition) is 0. The van der Waals surface area contributed by atoms with Crippen molar-refractivity contribution in [2.45, 2.75) is 6.92 Å². The highest BCUT2D eigenvalue weighted by molar-refractivity contribution is 5.86. The monoisotopic (exact) mass is 275 g/mol. The predicted octanol–water partition coefficient (Wildman–Crippen LogP) is 3.67. The molecule has 0 spiro atoms. The van der Waals surface area contributed by atoms with Gasteiger partial charge in [-0.2, -0.15) is 10.5 Å². The van der Waals surface area contributed by atoms with Crippen LogP contribution in [-0.4, -0.2) is 4.98 Å². The van der Waals surface area contributed by atoms with Gasteiger partial charge in [-0.3, -0.25) is 0 Å². The molecule has 1 aromatic carbocycles. The summed E-state index contributed by atoms with van der Waals surface area (Å²) in [6, 6.07) is 12.9. The van der Waals surface area contributed by atoms with Crippen molar-refractivity contribution in [1.82, 2.24) is 4.98 Å². The molecule has 0 unspecified atom stereocenters. The summed E-state index contributed by atoms with van der Waals surface area (Å²) in [6.07, 6.45) is 1.56. The van der Waals surface area contributed by atoms with Gasteiger partial charge < -0.3 is 9.15 Å². The topological polar surface area (TPSA) is 82.8 Å². The van der Waals surface area contributed by atoms with Crippen LogP contribution in [0.15, 0.2) is 40.9 Å². The molecule has 2 aromatic heterocycles. The summed E-state index contributed by atoms with van der Waals surface area (Å²) in [5, 5.41) is 19.0. The van der Waals surface area contributed by atoms with E-state index in [1.165, 1.54) is 0 Å². The second-order valence-corrected chi connectivity index (χ2v) is 4.39. The molecule has 0 amide bonds. The minimum atomic E-state index is 0.0587. The van der Waals surface area contributed by atoms with E-state index in [2.05, 4.69) is 11.1 Å². The molecule has 0 saturated heterocycles. The van der Waals surface area contributed by atoms with Crippen LogP contribution >= 0.6 is 0 Å². The summed E-state index contributed by atoms with van der Waals surface area (Å²) in [4.78, 5) is 4.07. The standard InChI is InChI=1S/C16H9N3O2/c1-10-6-7-19-16(12(10)8-17)21-15-11-4-2-3-5-13(11)20-14(15)9-18/h2-7H,1H3. The number of nitriles is 2. The Labute approximate surface area is 120 Å². The van der Waals surface area contributed by atoms with Crippen molar-refractivity contribution in [3.63, 3.8) is 0 Å². The number of para-hydroxylation sites is 1. The summed E-state index contributed by atoms with van der Waals surface area (Å²) >= 11 is 0. The van der Waals surface area contributed by atoms with Crippen LogP contribution in [0, 0.1) is 29.6 Å². The van der Waals surface area contributed by atoms with Crippen molar-refractivity contribution < 1.29 is 9.15 Å². The van der Waals surface area contributed by atoms with Crippen LogP contribution in [-0.2, 0) is 0 Å². The molecule has 0 saturated carbocycles. The number of rotatable bonds is 2. The number of furan rings is 1. The molecule has 0 aliphatic heterocycles. The quantitative estimate of drug-likeness (QED) is 0.712. The lowest BCUT2D eigenvalue weighted by Gasteiger charge is -2.06. The molecule has 0 aliphatic carbocycles. The molecule has 0 N–H and O–H groups in total. The average Bonchev–Trinajstić information content (AvgIpc) is 2.86. The van der Waals surface area contributed by atoms with E-state index in [1.807, 2.05) is 18.2 Å². The number of aromatic nitrogens is 1. The van der Waals surface area contributed by atoms with E-state index in [4.69, 9.17) is 14.4 Å². The summed E-state index contributed by atoms with van der Waals surface area (Å²) < 4.78 is 11.1. The van der Waals surface area contributed by atoms with Crippen LogP contribution in [0.4, 0.5) is 0 Å². The van der Waals surface area contributed by atoms with Gasteiger partial charge >= 0.3 is 0 Å². The first-order valence-corrected chi connectivity index (χ1v) is 6.19. The maximum Gasteiger partial charge on any atom is 0.247 e. The van der Waals surface area contributed by atoms with E-state index in [9.17, 15) is 5.26 Å². The second-order valence-electron chi connectivity index (χ2n) is 4.39. The summed E-state index contributed by atoms with van der Waals surface area (Å²) in [7, 11) is 0. The highest BCUT2D eigenvalue weighted by atomic mass is 16.5. The van der Waals surface area contributed by atoms with Gasteiger partial charge in [0.05, 0.1) is 5.39 Å². The van der Waals surface area contributed by atoms with E-state index in [0.717, 1.165) is 5.56 Å². The Hall–Kier alpha value is -3.31. The lowest BCUT2D eigenvalue weighted by molar-refractivity contribution is 0.448. The number of pyridine rings is 1. The molecular formula is C16H9N3O2. The maximum absolute atomic E-state index is 9.21. The van der Waals surface area contributed by atoms with Gasteiger partial charge in [-0.25, -0.2) is 4.98 Å². The van der Waals surface area contributed by atoms with Crippen molar-refractivity contribution in [3.05, 3.63) is 53.4 Å². The maximum atomic E-state index is 9.21. The Morgan fingerprint density at radius 3 is 2.71 bits per heavy atom. The minimum Gasteiger partial charge on any atom is -0.442 e. The van der Waals surface area contributed by atoms with Crippen molar-refractivity contribution in [2.24, 2.45) is 0 Å². The summed E-state index contributed by atoms with van der Waals surface area (Å²) in [5.74, 6) is 0.506. The Morgan fingerprint density at radius 2 is 1.95 bits per heavy atom. The van der Waals surface area contributed by atoms with E-state index in [-0.39, 0.29) is 17.4 Å². The third kappa shape index (κ3) is 2.07. The first-order chi connectivity index (χ1) is 10.2. The van der Waals surface area contributed by atoms with Crippen LogP contribution in [0.1, 0.15) is 16.9 Å². The van der Waals surface area contributed by atoms with Gasteiger partial charge in [-0.15, -0.1) is 0 Å². The molecule has 5 nitrogen and oxygen atoms in total. The van der Waals surface area contributed by atoms with Crippen molar-refractivity contribution in [3.8, 4) is 23.8 Å². The Kier molecular flexibility index (Phi) is 3.02. The van der Waals surface area contributed by atoms with Gasteiger partial charge in [0.25, 0.3) is 0 Å². The fourth-order valence-electron chi connectivity index (χ4n) is 2.04. The normalized spacial score (nSPS) is 10.0. The van der Waals surface area contributed by atoms with Gasteiger partial charge in [-0.05, 0) is 30.7 Å². The number of ether oxygens (including phenoxy) is 1. The molecule has 21 heavy (non-hydrogen) atoms. The Morgan fingerprint density at radius 1 is 1.14 bits per heavy atom. The third-order valence-corrected chi connectivity index (χ3v) is 3.09. The van der Waals surface area contributed by atoms with E-state index < -0.39 is 0 Å². The summed E-state index contributed by atoms with van der Waals surface area (Å²) in [5.41, 5.74) is 1.65. The molecule has 0 radical (unpaired) electrons. The van der Waals surface area contributed by atoms with Crippen molar-refractivity contribution >= 4 is 11.0 Å². The average molecular weight is 275 g/mol. The summed E-state index contributed by atoms with van der Waals surface area (Å²) in [6.45, 7) is 1.80. The zero-order chi connectivity index (χ0) is 14.8. The van der Waals surface area contributed by atoms with Crippen LogP contribution in [0.5, 0.6) is 11.6 Å². The molecule has 2 heterocycles. The fraction of sp³-hybridized carbons (Fsp3) is 0.0625. The second kappa shape index (κ2) is 4.99. The van der Waals surface area contributed by atoms with Crippen LogP contribution in [0.3, 0.4) is 0 Å². The highest BCUT2D eigenvalue weighted by Gasteiger charge is 2.18. The molecule has 0 bridgehead atoms. The fourth-order valence-corrected chi connectivity index (χ4v) is 2.04. The van der Waals surface area contributed by atoms with Gasteiger partial charge in [0, 0.05) is 6.20 Å². The molecule has 0 fully saturated rings. The van der Waals surface area contributed by atoms with E-state index in [0.29, 0.717) is 16.5 Å². The van der Waals surface area contributed by atoms with Crippen LogP contribution < -0.4 is 4.74 Å². The molecular weight excluding hydrogens is 266 g/mol. The lowest BCUT2D eigenvalue weighted by Crippen LogP contribution is -1.94. The molecule has 5 heteroatoms. The number of hydrogen-bond acceptors (Lipinski definition) is 5. The van der Waals surface area contributed by atoms with Gasteiger partial charge in [0.2, 0.25) is 11.6 Å².